The number of aliphatic hydroxyl groups excluding tert-OH is 2. The minimum atomic E-state index is -1.18. The number of carboxylic acids is 7. The van der Waals surface area contributed by atoms with Gasteiger partial charge in [-0.05, 0) is 80.0 Å². The summed E-state index contributed by atoms with van der Waals surface area (Å²) in [5.41, 5.74) is 34.7. The van der Waals surface area contributed by atoms with Gasteiger partial charge in [-0.25, -0.2) is 0 Å². The molecule has 24 N–H and O–H groups in total. The molecule has 0 bridgehead atoms. The molecule has 8 atom stereocenters. The van der Waals surface area contributed by atoms with Crippen molar-refractivity contribution in [1.29, 1.82) is 0 Å². The zero-order valence-corrected chi connectivity index (χ0v) is 39.5. The van der Waals surface area contributed by atoms with E-state index in [9.17, 15) is 33.6 Å². The molecular weight excluding hydrogens is 937 g/mol. The monoisotopic (exact) mass is 1010 g/mol. The maximum absolute atomic E-state index is 10.6. The van der Waals surface area contributed by atoms with Crippen LogP contribution in [0.2, 0.25) is 0 Å². The second-order valence-electron chi connectivity index (χ2n) is 15.8. The van der Waals surface area contributed by atoms with E-state index in [2.05, 4.69) is 10.3 Å². The van der Waals surface area contributed by atoms with Gasteiger partial charge in [0.05, 0.1) is 12.7 Å². The minimum Gasteiger partial charge on any atom is -0.508 e. The molecule has 5 rings (SSSR count). The van der Waals surface area contributed by atoms with Gasteiger partial charge in [0, 0.05) is 23.5 Å². The zero-order valence-electron chi connectivity index (χ0n) is 39.5. The van der Waals surface area contributed by atoms with Crippen LogP contribution in [0.15, 0.2) is 85.1 Å². The summed E-state index contributed by atoms with van der Waals surface area (Å²) in [4.78, 5) is 74.1. The maximum atomic E-state index is 10.6. The van der Waals surface area contributed by atoms with E-state index < -0.39 is 90.7 Å². The van der Waals surface area contributed by atoms with Crippen LogP contribution in [0.4, 0.5) is 0 Å². The van der Waals surface area contributed by atoms with Crippen molar-refractivity contribution in [2.45, 2.75) is 101 Å². The molecule has 1 saturated heterocycles. The highest BCUT2D eigenvalue weighted by Gasteiger charge is 2.20. The number of phenols is 1. The third-order valence-electron chi connectivity index (χ3n) is 9.44. The Morgan fingerprint density at radius 2 is 1.01 bits per heavy atom. The van der Waals surface area contributed by atoms with Crippen LogP contribution in [0.5, 0.6) is 5.75 Å². The number of nitrogens with one attached hydrogen (secondary N) is 2. The summed E-state index contributed by atoms with van der Waals surface area (Å²) in [6, 6.07) is 17.6. The number of nitrogens with two attached hydrogens (primary N) is 6. The molecule has 71 heavy (non-hydrogen) atoms. The molecule has 3 aromatic carbocycles. The molecule has 2 heterocycles. The topological polar surface area (TPSA) is 506 Å². The lowest BCUT2D eigenvalue weighted by atomic mass is 10.1. The average molecular weight is 1010 g/mol. The van der Waals surface area contributed by atoms with Crippen LogP contribution in [-0.2, 0) is 52.8 Å². The molecule has 1 aliphatic heterocycles. The first-order valence-corrected chi connectivity index (χ1v) is 21.6. The van der Waals surface area contributed by atoms with Crippen LogP contribution < -0.4 is 39.7 Å². The lowest BCUT2D eigenvalue weighted by molar-refractivity contribution is -0.141. The molecule has 0 radical (unpaired) electrons. The van der Waals surface area contributed by atoms with Crippen molar-refractivity contribution in [2.75, 3.05) is 13.2 Å². The van der Waals surface area contributed by atoms with E-state index in [0.29, 0.717) is 12.8 Å². The molecule has 0 unspecified atom stereocenters. The van der Waals surface area contributed by atoms with Crippen LogP contribution in [0.3, 0.4) is 0 Å². The maximum Gasteiger partial charge on any atom is 0.323 e. The van der Waals surface area contributed by atoms with Gasteiger partial charge < -0.3 is 95.8 Å². The average Bonchev–Trinajstić information content (AvgIpc) is 4.02. The standard InChI is InChI=1S/C11H12N2O2.C9H11NO3.C9H11NO2.C5H9NO2.C5H11NO2.C4H9NO3.C3H7NO3/c12-9(11(14)15)5-7-6-13-10-4-2-1-3-8(7)10;10-8(9(12)13)5-6-1-3-7(11)4-2-6;10-8(9(11)12)6-7-4-2-1-3-5-7;7-5(8)4-2-1-3-6-4;1-3(2)4(6)5(7)8;1-2(6)3(5)4(7)8;4-2(1-5)3(6)7/h1-4,6,9,13H,5,12H2,(H,14,15);1-4,8,11H,5,10H2,(H,12,13);1-5,8H,6,10H2,(H,11,12);4,6H,1-3H2,(H,7,8);3-4H,6H2,1-2H3,(H,7,8);2-3,6H,5H2,1H3,(H,7,8);2,5H,1,4H2,(H,6,7)/t9-;2*8-;2*4-;2-,3+;2-/m0000010/s1. The van der Waals surface area contributed by atoms with E-state index >= 15 is 0 Å². The number of aromatic amines is 1. The number of carbonyl (C=O) groups is 7. The summed E-state index contributed by atoms with van der Waals surface area (Å²) in [6.45, 7) is 5.24. The number of phenolic OH excluding ortho intramolecular Hbond substituents is 1. The van der Waals surface area contributed by atoms with Crippen molar-refractivity contribution in [1.82, 2.24) is 10.3 Å². The molecule has 25 nitrogen and oxygen atoms in total. The number of hydrogen-bond acceptors (Lipinski definition) is 17. The number of para-hydroxylation sites is 1. The molecule has 1 aliphatic rings. The number of fused-ring (bicyclic) bond motifs is 1. The third kappa shape index (κ3) is 30.2. The van der Waals surface area contributed by atoms with E-state index in [1.807, 2.05) is 60.8 Å². The smallest absolute Gasteiger partial charge is 0.323 e. The summed E-state index contributed by atoms with van der Waals surface area (Å²) < 4.78 is 0. The highest BCUT2D eigenvalue weighted by Crippen LogP contribution is 2.18. The number of benzene rings is 3. The van der Waals surface area contributed by atoms with E-state index in [-0.39, 0.29) is 24.1 Å². The van der Waals surface area contributed by atoms with Crippen LogP contribution in [0.1, 0.15) is 50.3 Å². The van der Waals surface area contributed by atoms with Crippen LogP contribution in [-0.4, -0.2) is 159 Å². The lowest BCUT2D eigenvalue weighted by Gasteiger charge is -2.07. The van der Waals surface area contributed by atoms with Gasteiger partial charge in [0.25, 0.3) is 0 Å². The minimum absolute atomic E-state index is 0.0208. The van der Waals surface area contributed by atoms with Crippen molar-refractivity contribution in [2.24, 2.45) is 40.3 Å². The van der Waals surface area contributed by atoms with E-state index in [0.717, 1.165) is 47.0 Å². The first-order valence-electron chi connectivity index (χ1n) is 21.6. The molecule has 1 fully saturated rings. The largest absolute Gasteiger partial charge is 0.508 e. The first kappa shape index (κ1) is 66.0. The Labute approximate surface area is 409 Å². The van der Waals surface area contributed by atoms with Gasteiger partial charge in [-0.15, -0.1) is 0 Å². The number of H-pyrrole nitrogens is 1. The van der Waals surface area contributed by atoms with Gasteiger partial charge in [0.2, 0.25) is 0 Å². The van der Waals surface area contributed by atoms with Crippen LogP contribution in [0, 0.1) is 5.92 Å². The molecule has 4 aromatic rings. The number of rotatable bonds is 16. The Kier molecular flexibility index (Phi) is 33.4. The van der Waals surface area contributed by atoms with E-state index in [1.165, 1.54) is 19.1 Å². The fourth-order valence-electron chi connectivity index (χ4n) is 5.02. The van der Waals surface area contributed by atoms with Crippen molar-refractivity contribution in [3.63, 3.8) is 0 Å². The summed E-state index contributed by atoms with van der Waals surface area (Å²) in [5.74, 6) is -6.78. The normalized spacial score (nSPS) is 15.1. The quantitative estimate of drug-likeness (QED) is 0.0650. The van der Waals surface area contributed by atoms with Gasteiger partial charge in [-0.2, -0.15) is 0 Å². The zero-order chi connectivity index (χ0) is 55.0. The molecule has 396 valence electrons. The lowest BCUT2D eigenvalue weighted by Crippen LogP contribution is -2.39. The predicted octanol–water partition coefficient (Wildman–Crippen LogP) is -0.843. The Morgan fingerprint density at radius 3 is 1.34 bits per heavy atom. The Balaban J connectivity index is 0. The van der Waals surface area contributed by atoms with Crippen molar-refractivity contribution < 1.29 is 84.6 Å². The van der Waals surface area contributed by atoms with Crippen LogP contribution in [0.25, 0.3) is 10.9 Å². The van der Waals surface area contributed by atoms with Crippen LogP contribution >= 0.6 is 0 Å². The summed E-state index contributed by atoms with van der Waals surface area (Å²) in [5, 5.41) is 87.6. The number of aromatic hydroxyl groups is 1. The first-order chi connectivity index (χ1) is 33.1. The molecule has 0 saturated carbocycles. The van der Waals surface area contributed by atoms with Crippen molar-refractivity contribution in [3.05, 3.63) is 102 Å². The Bertz CT molecular complexity index is 2150. The van der Waals surface area contributed by atoms with Gasteiger partial charge in [0.15, 0.2) is 0 Å². The second kappa shape index (κ2) is 36.0. The molecule has 25 heteroatoms. The second-order valence-corrected chi connectivity index (χ2v) is 15.8. The van der Waals surface area contributed by atoms with Gasteiger partial charge >= 0.3 is 41.8 Å². The van der Waals surface area contributed by atoms with E-state index in [4.69, 9.17) is 85.5 Å². The highest BCUT2D eigenvalue weighted by atomic mass is 16.4. The number of hydrogen-bond donors (Lipinski definition) is 18. The Hall–Kier alpha value is -7.07. The summed E-state index contributed by atoms with van der Waals surface area (Å²) in [6.07, 6.45) is 3.62. The summed E-state index contributed by atoms with van der Waals surface area (Å²) in [7, 11) is 0. The fourth-order valence-corrected chi connectivity index (χ4v) is 5.02. The van der Waals surface area contributed by atoms with Crippen molar-refractivity contribution >= 4 is 52.7 Å². The number of aromatic nitrogens is 1. The molecular formula is C46H70N8O17. The summed E-state index contributed by atoms with van der Waals surface area (Å²) >= 11 is 0. The fraction of sp³-hybridized carbons (Fsp3) is 0.413. The highest BCUT2D eigenvalue weighted by molar-refractivity contribution is 5.84. The third-order valence-corrected chi connectivity index (χ3v) is 9.44. The van der Waals surface area contributed by atoms with Gasteiger partial charge in [-0.1, -0.05) is 74.5 Å². The number of aliphatic hydroxyl groups is 2. The Morgan fingerprint density at radius 1 is 0.577 bits per heavy atom. The number of aliphatic carboxylic acids is 7. The number of carboxylic acid groups (broad SMARTS) is 7. The SMILES string of the molecule is CC(C)[C@H](N)C(=O)O.C[C@@H](O)[C@H](N)C(=O)O.N[C@@H](CO)C(=O)O.N[C@@H](Cc1c[nH]c2ccccc12)C(=O)O.N[C@@H](Cc1ccc(O)cc1)C(=O)O.N[C@@H](Cc1ccccc1)C(=O)O.O=C(O)[C@@H]1CCCN1. The molecule has 0 aliphatic carbocycles. The molecule has 1 aromatic heterocycles. The predicted molar refractivity (Wildman–Crippen MR) is 260 cm³/mol. The van der Waals surface area contributed by atoms with Crippen molar-refractivity contribution in [3.8, 4) is 5.75 Å². The van der Waals surface area contributed by atoms with E-state index in [1.54, 1.807) is 26.0 Å². The molecule has 0 spiro atoms. The van der Waals surface area contributed by atoms with Gasteiger partial charge in [0.1, 0.15) is 48.0 Å². The van der Waals surface area contributed by atoms with Gasteiger partial charge in [-0.3, -0.25) is 33.6 Å². The molecule has 0 amide bonds.